The Hall–Kier alpha value is -0.990. The highest BCUT2D eigenvalue weighted by atomic mass is 19.4. The minimum Gasteiger partial charge on any atom is -0.166 e. The predicted molar refractivity (Wildman–Crippen MR) is 50.1 cm³/mol. The van der Waals surface area contributed by atoms with Gasteiger partial charge in [0.2, 0.25) is 0 Å². The Balaban J connectivity index is 2.79. The first-order valence-electron chi connectivity index (χ1n) is 4.70. The number of aryl methyl sites for hydroxylation is 1. The highest BCUT2D eigenvalue weighted by Crippen LogP contribution is 2.29. The van der Waals surface area contributed by atoms with E-state index in [0.29, 0.717) is 0 Å². The molecule has 0 nitrogen and oxygen atoms in total. The molecule has 1 rings (SSSR count). The number of rotatable bonds is 3. The van der Waals surface area contributed by atoms with E-state index in [4.69, 9.17) is 0 Å². The normalized spacial score (nSPS) is 11.7. The van der Waals surface area contributed by atoms with E-state index in [0.717, 1.165) is 30.9 Å². The van der Waals surface area contributed by atoms with E-state index in [1.807, 2.05) is 6.92 Å². The van der Waals surface area contributed by atoms with Gasteiger partial charge >= 0.3 is 6.18 Å². The highest BCUT2D eigenvalue weighted by Gasteiger charge is 2.30. The van der Waals surface area contributed by atoms with E-state index >= 15 is 0 Å². The maximum Gasteiger partial charge on any atom is 0.416 e. The lowest BCUT2D eigenvalue weighted by Crippen LogP contribution is -2.05. The second-order valence-electron chi connectivity index (χ2n) is 3.30. The summed E-state index contributed by atoms with van der Waals surface area (Å²) in [5.41, 5.74) is 0.216. The van der Waals surface area contributed by atoms with Gasteiger partial charge in [-0.2, -0.15) is 13.2 Å². The number of alkyl halides is 3. The maximum absolute atomic E-state index is 12.3. The molecule has 0 aliphatic carbocycles. The first-order chi connectivity index (χ1) is 6.54. The summed E-state index contributed by atoms with van der Waals surface area (Å²) < 4.78 is 36.9. The summed E-state index contributed by atoms with van der Waals surface area (Å²) in [5, 5.41) is 0. The van der Waals surface area contributed by atoms with Crippen LogP contribution in [-0.2, 0) is 12.6 Å². The Morgan fingerprint density at radius 1 is 1.21 bits per heavy atom. The number of benzene rings is 1. The molecule has 0 heterocycles. The molecule has 0 atom stereocenters. The van der Waals surface area contributed by atoms with Crippen LogP contribution in [0.2, 0.25) is 0 Å². The third-order valence-corrected chi connectivity index (χ3v) is 2.07. The van der Waals surface area contributed by atoms with Crippen LogP contribution < -0.4 is 0 Å². The number of unbranched alkanes of at least 4 members (excludes halogenated alkanes) is 1. The molecule has 14 heavy (non-hydrogen) atoms. The molecule has 0 unspecified atom stereocenters. The quantitative estimate of drug-likeness (QED) is 0.693. The molecule has 0 aliphatic rings. The molecule has 0 fully saturated rings. The Bertz CT molecular complexity index is 289. The molecule has 0 aliphatic heterocycles. The van der Waals surface area contributed by atoms with Crippen molar-refractivity contribution in [2.45, 2.75) is 32.4 Å². The van der Waals surface area contributed by atoms with Crippen molar-refractivity contribution in [1.29, 1.82) is 0 Å². The fourth-order valence-electron chi connectivity index (χ4n) is 1.28. The lowest BCUT2D eigenvalue weighted by molar-refractivity contribution is -0.137. The Morgan fingerprint density at radius 2 is 1.93 bits per heavy atom. The molecular weight excluding hydrogens is 189 g/mol. The molecule has 3 heteroatoms. The standard InChI is InChI=1S/C11H13F3/c1-2-3-5-9-6-4-7-10(8-9)11(12,13)14/h4,6-8H,2-3,5H2,1H3. The van der Waals surface area contributed by atoms with Gasteiger partial charge in [0, 0.05) is 0 Å². The largest absolute Gasteiger partial charge is 0.416 e. The van der Waals surface area contributed by atoms with E-state index in [1.165, 1.54) is 12.1 Å². The molecule has 0 spiro atoms. The first-order valence-corrected chi connectivity index (χ1v) is 4.70. The molecule has 0 bridgehead atoms. The van der Waals surface area contributed by atoms with E-state index in [-0.39, 0.29) is 0 Å². The monoisotopic (exact) mass is 202 g/mol. The fraction of sp³-hybridized carbons (Fsp3) is 0.455. The van der Waals surface area contributed by atoms with Gasteiger partial charge in [-0.25, -0.2) is 0 Å². The second kappa shape index (κ2) is 4.49. The zero-order valence-electron chi connectivity index (χ0n) is 8.06. The van der Waals surface area contributed by atoms with Gasteiger partial charge in [-0.1, -0.05) is 31.5 Å². The van der Waals surface area contributed by atoms with E-state index in [9.17, 15) is 13.2 Å². The van der Waals surface area contributed by atoms with Crippen molar-refractivity contribution >= 4 is 0 Å². The Labute approximate surface area is 81.8 Å². The van der Waals surface area contributed by atoms with Gasteiger partial charge in [-0.15, -0.1) is 0 Å². The third kappa shape index (κ3) is 3.05. The third-order valence-electron chi connectivity index (χ3n) is 2.07. The van der Waals surface area contributed by atoms with Crippen molar-refractivity contribution in [3.05, 3.63) is 35.4 Å². The van der Waals surface area contributed by atoms with Crippen LogP contribution in [0.25, 0.3) is 0 Å². The van der Waals surface area contributed by atoms with Gasteiger partial charge < -0.3 is 0 Å². The average molecular weight is 202 g/mol. The lowest BCUT2D eigenvalue weighted by atomic mass is 10.1. The first kappa shape index (κ1) is 11.1. The van der Waals surface area contributed by atoms with Crippen LogP contribution in [0.3, 0.4) is 0 Å². The molecule has 0 amide bonds. The van der Waals surface area contributed by atoms with Crippen molar-refractivity contribution < 1.29 is 13.2 Å². The van der Waals surface area contributed by atoms with Crippen molar-refractivity contribution in [2.75, 3.05) is 0 Å². The molecule has 0 saturated heterocycles. The van der Waals surface area contributed by atoms with Crippen molar-refractivity contribution in [1.82, 2.24) is 0 Å². The zero-order valence-corrected chi connectivity index (χ0v) is 8.06. The van der Waals surface area contributed by atoms with Crippen molar-refractivity contribution in [3.63, 3.8) is 0 Å². The summed E-state index contributed by atoms with van der Waals surface area (Å²) in [7, 11) is 0. The molecule has 1 aromatic carbocycles. The van der Waals surface area contributed by atoms with Gasteiger partial charge in [-0.3, -0.25) is 0 Å². The van der Waals surface area contributed by atoms with E-state index in [2.05, 4.69) is 0 Å². The number of halogens is 3. The van der Waals surface area contributed by atoms with Crippen LogP contribution in [0.15, 0.2) is 24.3 Å². The summed E-state index contributed by atoms with van der Waals surface area (Å²) in [5.74, 6) is 0. The smallest absolute Gasteiger partial charge is 0.166 e. The molecule has 0 N–H and O–H groups in total. The Morgan fingerprint density at radius 3 is 2.50 bits per heavy atom. The van der Waals surface area contributed by atoms with Crippen LogP contribution in [0.5, 0.6) is 0 Å². The van der Waals surface area contributed by atoms with E-state index < -0.39 is 11.7 Å². The molecule has 1 aromatic rings. The average Bonchev–Trinajstić information content (AvgIpc) is 2.14. The second-order valence-corrected chi connectivity index (χ2v) is 3.30. The van der Waals surface area contributed by atoms with Crippen molar-refractivity contribution in [3.8, 4) is 0 Å². The molecule has 0 saturated carbocycles. The van der Waals surface area contributed by atoms with Crippen LogP contribution in [0.4, 0.5) is 13.2 Å². The number of hydrogen-bond acceptors (Lipinski definition) is 0. The predicted octanol–water partition coefficient (Wildman–Crippen LogP) is 4.05. The Kier molecular flexibility index (Phi) is 3.55. The van der Waals surface area contributed by atoms with E-state index in [1.54, 1.807) is 6.07 Å². The summed E-state index contributed by atoms with van der Waals surface area (Å²) >= 11 is 0. The molecule has 0 aromatic heterocycles. The van der Waals surface area contributed by atoms with Gasteiger partial charge in [0.05, 0.1) is 5.56 Å². The summed E-state index contributed by atoms with van der Waals surface area (Å²) in [6.45, 7) is 2.02. The van der Waals surface area contributed by atoms with Crippen LogP contribution in [-0.4, -0.2) is 0 Å². The summed E-state index contributed by atoms with van der Waals surface area (Å²) in [6, 6.07) is 5.55. The molecule has 0 radical (unpaired) electrons. The summed E-state index contributed by atoms with van der Waals surface area (Å²) in [4.78, 5) is 0. The topological polar surface area (TPSA) is 0 Å². The van der Waals surface area contributed by atoms with Crippen molar-refractivity contribution in [2.24, 2.45) is 0 Å². The van der Waals surface area contributed by atoms with Gasteiger partial charge in [-0.05, 0) is 24.5 Å². The van der Waals surface area contributed by atoms with Crippen LogP contribution in [0.1, 0.15) is 30.9 Å². The van der Waals surface area contributed by atoms with Gasteiger partial charge in [0.1, 0.15) is 0 Å². The minimum atomic E-state index is -4.22. The van der Waals surface area contributed by atoms with Gasteiger partial charge in [0.15, 0.2) is 0 Å². The van der Waals surface area contributed by atoms with Crippen LogP contribution >= 0.6 is 0 Å². The van der Waals surface area contributed by atoms with Gasteiger partial charge in [0.25, 0.3) is 0 Å². The molecule has 78 valence electrons. The highest BCUT2D eigenvalue weighted by molar-refractivity contribution is 5.25. The molecular formula is C11H13F3. The number of hydrogen-bond donors (Lipinski definition) is 0. The SMILES string of the molecule is CCCCc1cccc(C(F)(F)F)c1. The zero-order chi connectivity index (χ0) is 10.6. The lowest BCUT2D eigenvalue weighted by Gasteiger charge is -2.08. The fourth-order valence-corrected chi connectivity index (χ4v) is 1.28. The maximum atomic E-state index is 12.3. The summed E-state index contributed by atoms with van der Waals surface area (Å²) in [6.07, 6.45) is -1.57. The minimum absolute atomic E-state index is 0.550. The van der Waals surface area contributed by atoms with Crippen LogP contribution in [0, 0.1) is 0 Å².